The average Bonchev–Trinajstić information content (AvgIpc) is 3.24. The van der Waals surface area contributed by atoms with Crippen LogP contribution in [-0.2, 0) is 0 Å². The molecule has 0 bridgehead atoms. The third kappa shape index (κ3) is 3.56. The zero-order valence-electron chi connectivity index (χ0n) is 14.8. The van der Waals surface area contributed by atoms with Crippen molar-refractivity contribution in [3.05, 3.63) is 71.2 Å². The van der Waals surface area contributed by atoms with Crippen molar-refractivity contribution >= 4 is 22.4 Å². The van der Waals surface area contributed by atoms with Gasteiger partial charge in [0.25, 0.3) is 0 Å². The summed E-state index contributed by atoms with van der Waals surface area (Å²) < 4.78 is 6.77. The number of rotatable bonds is 4. The van der Waals surface area contributed by atoms with Crippen molar-refractivity contribution in [2.45, 2.75) is 0 Å². The number of nitrogens with zero attached hydrogens (tertiary/aromatic N) is 6. The summed E-state index contributed by atoms with van der Waals surface area (Å²) in [6.07, 6.45) is 1.66. The summed E-state index contributed by atoms with van der Waals surface area (Å²) in [5, 5.41) is 29.9. The lowest BCUT2D eigenvalue weighted by Crippen LogP contribution is -2.10. The van der Waals surface area contributed by atoms with Crippen LogP contribution < -0.4 is 11.1 Å². The number of nitriles is 2. The lowest BCUT2D eigenvalue weighted by atomic mass is 10.2. The molecule has 0 atom stereocenters. The summed E-state index contributed by atoms with van der Waals surface area (Å²) in [5.74, 6) is 0. The van der Waals surface area contributed by atoms with Crippen molar-refractivity contribution in [1.82, 2.24) is 15.0 Å². The fourth-order valence-electron chi connectivity index (χ4n) is 2.65. The molecular weight excluding hydrogens is 370 g/mol. The van der Waals surface area contributed by atoms with E-state index in [2.05, 4.69) is 20.8 Å². The Labute approximate surface area is 163 Å². The summed E-state index contributed by atoms with van der Waals surface area (Å²) >= 11 is 0. The first-order valence-corrected chi connectivity index (χ1v) is 8.38. The molecule has 29 heavy (non-hydrogen) atoms. The Morgan fingerprint density at radius 2 is 1.90 bits per heavy atom. The van der Waals surface area contributed by atoms with E-state index in [1.165, 1.54) is 4.68 Å². The van der Waals surface area contributed by atoms with Crippen molar-refractivity contribution in [1.29, 1.82) is 10.5 Å². The molecule has 0 saturated carbocycles. The fraction of sp³-hybridized carbons (Fsp3) is 0. The van der Waals surface area contributed by atoms with Gasteiger partial charge in [-0.05, 0) is 18.2 Å². The Bertz CT molecular complexity index is 1360. The molecule has 9 heteroatoms. The summed E-state index contributed by atoms with van der Waals surface area (Å²) in [6.45, 7) is 0. The van der Waals surface area contributed by atoms with Crippen LogP contribution in [0.4, 0.5) is 5.69 Å². The Kier molecular flexibility index (Phi) is 4.54. The van der Waals surface area contributed by atoms with Gasteiger partial charge in [0, 0.05) is 17.0 Å². The van der Waals surface area contributed by atoms with Crippen LogP contribution in [0, 0.1) is 22.7 Å². The smallest absolute Gasteiger partial charge is 0.362 e. The minimum Gasteiger partial charge on any atom is -0.421 e. The average molecular weight is 381 g/mol. The van der Waals surface area contributed by atoms with Gasteiger partial charge in [0.2, 0.25) is 5.71 Å². The van der Waals surface area contributed by atoms with Crippen molar-refractivity contribution in [2.24, 2.45) is 5.10 Å². The topological polar surface area (TPSA) is 133 Å². The third-order valence-electron chi connectivity index (χ3n) is 4.04. The fourth-order valence-corrected chi connectivity index (χ4v) is 2.65. The monoisotopic (exact) mass is 381 g/mol. The van der Waals surface area contributed by atoms with Crippen molar-refractivity contribution in [2.75, 3.05) is 5.43 Å². The van der Waals surface area contributed by atoms with Gasteiger partial charge in [-0.25, -0.2) is 9.48 Å². The molecule has 2 heterocycles. The number of benzene rings is 2. The molecule has 0 aliphatic carbocycles. The van der Waals surface area contributed by atoms with E-state index >= 15 is 0 Å². The zero-order chi connectivity index (χ0) is 20.2. The second kappa shape index (κ2) is 7.47. The van der Waals surface area contributed by atoms with Gasteiger partial charge < -0.3 is 4.42 Å². The number of aromatic nitrogens is 3. The molecule has 0 radical (unpaired) electrons. The molecule has 138 valence electrons. The van der Waals surface area contributed by atoms with E-state index in [1.54, 1.807) is 42.6 Å². The highest BCUT2D eigenvalue weighted by molar-refractivity contribution is 6.10. The maximum absolute atomic E-state index is 12.5. The van der Waals surface area contributed by atoms with E-state index in [9.17, 15) is 4.79 Å². The molecule has 9 nitrogen and oxygen atoms in total. The third-order valence-corrected chi connectivity index (χ3v) is 4.04. The molecule has 0 aliphatic heterocycles. The van der Waals surface area contributed by atoms with Crippen LogP contribution in [0.2, 0.25) is 0 Å². The van der Waals surface area contributed by atoms with Gasteiger partial charge in [-0.3, -0.25) is 5.43 Å². The van der Waals surface area contributed by atoms with Crippen LogP contribution in [-0.4, -0.2) is 20.7 Å². The first-order chi connectivity index (χ1) is 14.2. The van der Waals surface area contributed by atoms with E-state index in [0.717, 1.165) is 5.56 Å². The van der Waals surface area contributed by atoms with Crippen LogP contribution in [0.3, 0.4) is 0 Å². The predicted octanol–water partition coefficient (Wildman–Crippen LogP) is 2.86. The Morgan fingerprint density at radius 1 is 1.10 bits per heavy atom. The SMILES string of the molecule is N#CC(C#N)=NNc1ccc2cc(-n3cc(-c4ccccc4)nn3)c(=O)oc2c1. The Morgan fingerprint density at radius 3 is 2.66 bits per heavy atom. The molecule has 0 spiro atoms. The molecule has 2 aromatic heterocycles. The number of fused-ring (bicyclic) bond motifs is 1. The number of nitrogens with one attached hydrogen (secondary N) is 1. The second-order valence-electron chi connectivity index (χ2n) is 5.88. The number of hydrogen-bond acceptors (Lipinski definition) is 8. The normalized spacial score (nSPS) is 10.1. The summed E-state index contributed by atoms with van der Waals surface area (Å²) in [7, 11) is 0. The molecule has 2 aromatic carbocycles. The first kappa shape index (κ1) is 17.6. The van der Waals surface area contributed by atoms with Gasteiger partial charge >= 0.3 is 5.63 Å². The number of hydrazone groups is 1. The lowest BCUT2D eigenvalue weighted by molar-refractivity contribution is 0.550. The maximum Gasteiger partial charge on any atom is 0.362 e. The molecule has 4 rings (SSSR count). The highest BCUT2D eigenvalue weighted by atomic mass is 16.4. The molecule has 0 saturated heterocycles. The summed E-state index contributed by atoms with van der Waals surface area (Å²) in [5.41, 5.74) is 4.20. The highest BCUT2D eigenvalue weighted by Gasteiger charge is 2.11. The molecule has 0 amide bonds. The van der Waals surface area contributed by atoms with Crippen LogP contribution in [0.25, 0.3) is 27.9 Å². The van der Waals surface area contributed by atoms with Gasteiger partial charge in [-0.1, -0.05) is 35.5 Å². The first-order valence-electron chi connectivity index (χ1n) is 8.38. The van der Waals surface area contributed by atoms with Gasteiger partial charge in [0.05, 0.1) is 11.9 Å². The van der Waals surface area contributed by atoms with E-state index < -0.39 is 5.63 Å². The summed E-state index contributed by atoms with van der Waals surface area (Å²) in [4.78, 5) is 12.5. The van der Waals surface area contributed by atoms with E-state index in [1.807, 2.05) is 30.3 Å². The van der Waals surface area contributed by atoms with Gasteiger partial charge in [0.15, 0.2) is 5.69 Å². The van der Waals surface area contributed by atoms with Crippen LogP contribution in [0.5, 0.6) is 0 Å². The van der Waals surface area contributed by atoms with Crippen LogP contribution in [0.15, 0.2) is 75.1 Å². The minimum absolute atomic E-state index is 0.224. The van der Waals surface area contributed by atoms with Gasteiger partial charge in [-0.15, -0.1) is 5.10 Å². The van der Waals surface area contributed by atoms with Gasteiger partial charge in [-0.2, -0.15) is 15.6 Å². The van der Waals surface area contributed by atoms with Crippen molar-refractivity contribution < 1.29 is 4.42 Å². The van der Waals surface area contributed by atoms with E-state index in [0.29, 0.717) is 22.4 Å². The van der Waals surface area contributed by atoms with E-state index in [-0.39, 0.29) is 11.4 Å². The maximum atomic E-state index is 12.5. The largest absolute Gasteiger partial charge is 0.421 e. The Balaban J connectivity index is 1.68. The van der Waals surface area contributed by atoms with Crippen LogP contribution >= 0.6 is 0 Å². The Hall–Kier alpha value is -4.76. The molecular formula is C20H11N7O2. The van der Waals surface area contributed by atoms with Crippen molar-refractivity contribution in [3.8, 4) is 29.1 Å². The number of anilines is 1. The van der Waals surface area contributed by atoms with E-state index in [4.69, 9.17) is 14.9 Å². The lowest BCUT2D eigenvalue weighted by Gasteiger charge is -2.04. The molecule has 1 N–H and O–H groups in total. The van der Waals surface area contributed by atoms with Crippen molar-refractivity contribution in [3.63, 3.8) is 0 Å². The minimum atomic E-state index is -0.586. The molecule has 0 fully saturated rings. The second-order valence-corrected chi connectivity index (χ2v) is 5.88. The molecule has 0 unspecified atom stereocenters. The quantitative estimate of drug-likeness (QED) is 0.326. The zero-order valence-corrected chi connectivity index (χ0v) is 14.8. The molecule has 4 aromatic rings. The number of hydrogen-bond donors (Lipinski definition) is 1. The van der Waals surface area contributed by atoms with Crippen LogP contribution in [0.1, 0.15) is 0 Å². The van der Waals surface area contributed by atoms with Gasteiger partial charge in [0.1, 0.15) is 23.4 Å². The standard InChI is InChI=1S/C20H11N7O2/c21-10-16(11-22)24-23-15-7-6-14-8-18(20(28)29-19(14)9-15)27-12-17(25-26-27)13-4-2-1-3-5-13/h1-9,12,23H. The highest BCUT2D eigenvalue weighted by Crippen LogP contribution is 2.21. The summed E-state index contributed by atoms with van der Waals surface area (Å²) in [6, 6.07) is 19.4. The molecule has 0 aliphatic rings. The predicted molar refractivity (Wildman–Crippen MR) is 105 cm³/mol.